The molecule has 17 heavy (non-hydrogen) atoms. The molecule has 1 aliphatic rings. The Balaban J connectivity index is 2.09. The van der Waals surface area contributed by atoms with Gasteiger partial charge in [-0.05, 0) is 37.8 Å². The fourth-order valence-electron chi connectivity index (χ4n) is 2.64. The highest BCUT2D eigenvalue weighted by atomic mass is 32.1. The minimum absolute atomic E-state index is 0.465. The Kier molecular flexibility index (Phi) is 4.00. The van der Waals surface area contributed by atoms with Gasteiger partial charge in [0.15, 0.2) is 0 Å². The van der Waals surface area contributed by atoms with Gasteiger partial charge in [-0.1, -0.05) is 37.2 Å². The molecule has 0 radical (unpaired) electrons. The first-order valence-corrected chi connectivity index (χ1v) is 6.74. The summed E-state index contributed by atoms with van der Waals surface area (Å²) in [6, 6.07) is 8.52. The molecule has 1 unspecified atom stereocenters. The van der Waals surface area contributed by atoms with Crippen molar-refractivity contribution >= 4 is 22.9 Å². The molecule has 1 saturated carbocycles. The molecule has 0 aromatic heterocycles. The van der Waals surface area contributed by atoms with Gasteiger partial charge in [0, 0.05) is 17.3 Å². The van der Waals surface area contributed by atoms with Crippen molar-refractivity contribution in [2.75, 3.05) is 5.32 Å². The summed E-state index contributed by atoms with van der Waals surface area (Å²) in [6.07, 6.45) is 5.41. The van der Waals surface area contributed by atoms with Crippen LogP contribution < -0.4 is 11.1 Å². The minimum Gasteiger partial charge on any atom is -0.389 e. The fraction of sp³-hybridized carbons (Fsp3) is 0.500. The highest BCUT2D eigenvalue weighted by Gasteiger charge is 2.21. The van der Waals surface area contributed by atoms with E-state index in [2.05, 4.69) is 18.3 Å². The van der Waals surface area contributed by atoms with Gasteiger partial charge in [-0.15, -0.1) is 0 Å². The lowest BCUT2D eigenvalue weighted by molar-refractivity contribution is 0.482. The third-order valence-electron chi connectivity index (χ3n) is 3.68. The Bertz CT molecular complexity index is 397. The second-order valence-electron chi connectivity index (χ2n) is 4.89. The molecule has 2 rings (SSSR count). The molecule has 1 atom stereocenters. The lowest BCUT2D eigenvalue weighted by Crippen LogP contribution is -2.25. The van der Waals surface area contributed by atoms with Crippen LogP contribution in [0.4, 0.5) is 5.69 Å². The highest BCUT2D eigenvalue weighted by Crippen LogP contribution is 2.29. The number of thiocarbonyl (C=S) groups is 1. The van der Waals surface area contributed by atoms with Gasteiger partial charge in [-0.25, -0.2) is 0 Å². The molecule has 92 valence electrons. The smallest absolute Gasteiger partial charge is 0.106 e. The quantitative estimate of drug-likeness (QED) is 0.803. The molecule has 0 aliphatic heterocycles. The van der Waals surface area contributed by atoms with Crippen LogP contribution in [0.15, 0.2) is 24.3 Å². The third-order valence-corrected chi connectivity index (χ3v) is 3.90. The number of nitrogens with one attached hydrogen (secondary N) is 1. The maximum atomic E-state index is 5.74. The summed E-state index contributed by atoms with van der Waals surface area (Å²) < 4.78 is 0. The van der Waals surface area contributed by atoms with E-state index in [1.165, 1.54) is 25.7 Å². The van der Waals surface area contributed by atoms with E-state index in [-0.39, 0.29) is 0 Å². The number of rotatable bonds is 4. The summed E-state index contributed by atoms with van der Waals surface area (Å²) in [5.74, 6) is 0.786. The van der Waals surface area contributed by atoms with E-state index in [1.54, 1.807) is 0 Å². The van der Waals surface area contributed by atoms with Gasteiger partial charge in [0.1, 0.15) is 4.99 Å². The standard InChI is InChI=1S/C14H20N2S/c1-10(11-6-2-3-7-11)16-13-9-5-4-8-12(13)14(15)17/h4-5,8-11,16H,2-3,6-7H2,1H3,(H2,15,17). The van der Waals surface area contributed by atoms with Gasteiger partial charge < -0.3 is 11.1 Å². The van der Waals surface area contributed by atoms with Crippen LogP contribution in [0.25, 0.3) is 0 Å². The first kappa shape index (κ1) is 12.4. The second kappa shape index (κ2) is 5.50. The van der Waals surface area contributed by atoms with Gasteiger partial charge in [-0.3, -0.25) is 0 Å². The van der Waals surface area contributed by atoms with E-state index in [9.17, 15) is 0 Å². The predicted molar refractivity (Wildman–Crippen MR) is 77.4 cm³/mol. The predicted octanol–water partition coefficient (Wildman–Crippen LogP) is 3.31. The van der Waals surface area contributed by atoms with Crippen molar-refractivity contribution in [3.8, 4) is 0 Å². The van der Waals surface area contributed by atoms with E-state index in [1.807, 2.05) is 18.2 Å². The maximum absolute atomic E-state index is 5.74. The van der Waals surface area contributed by atoms with Gasteiger partial charge in [0.25, 0.3) is 0 Å². The Hall–Kier alpha value is -1.09. The van der Waals surface area contributed by atoms with Crippen LogP contribution in [-0.4, -0.2) is 11.0 Å². The highest BCUT2D eigenvalue weighted by molar-refractivity contribution is 7.80. The van der Waals surface area contributed by atoms with Crippen molar-refractivity contribution < 1.29 is 0 Å². The fourth-order valence-corrected chi connectivity index (χ4v) is 2.82. The van der Waals surface area contributed by atoms with Gasteiger partial charge in [-0.2, -0.15) is 0 Å². The van der Waals surface area contributed by atoms with Crippen LogP contribution in [0, 0.1) is 5.92 Å². The molecule has 0 spiro atoms. The lowest BCUT2D eigenvalue weighted by Gasteiger charge is -2.23. The summed E-state index contributed by atoms with van der Waals surface area (Å²) in [7, 11) is 0. The zero-order valence-corrected chi connectivity index (χ0v) is 11.1. The molecule has 1 fully saturated rings. The van der Waals surface area contributed by atoms with E-state index < -0.39 is 0 Å². The summed E-state index contributed by atoms with van der Waals surface area (Å²) in [4.78, 5) is 0.465. The van der Waals surface area contributed by atoms with Crippen molar-refractivity contribution in [2.24, 2.45) is 11.7 Å². The molecule has 2 nitrogen and oxygen atoms in total. The molecule has 0 heterocycles. The molecular formula is C14H20N2S. The minimum atomic E-state index is 0.465. The molecule has 3 heteroatoms. The number of nitrogens with two attached hydrogens (primary N) is 1. The Morgan fingerprint density at radius 2 is 2.00 bits per heavy atom. The number of hydrogen-bond donors (Lipinski definition) is 2. The molecule has 0 bridgehead atoms. The zero-order chi connectivity index (χ0) is 12.3. The number of hydrogen-bond acceptors (Lipinski definition) is 2. The molecule has 0 amide bonds. The molecule has 3 N–H and O–H groups in total. The van der Waals surface area contributed by atoms with E-state index in [4.69, 9.17) is 18.0 Å². The van der Waals surface area contributed by atoms with Crippen molar-refractivity contribution in [1.29, 1.82) is 0 Å². The van der Waals surface area contributed by atoms with Crippen LogP contribution in [0.2, 0.25) is 0 Å². The first-order valence-electron chi connectivity index (χ1n) is 6.34. The molecule has 1 aromatic carbocycles. The normalized spacial score (nSPS) is 17.9. The van der Waals surface area contributed by atoms with E-state index in [0.717, 1.165) is 17.2 Å². The SMILES string of the molecule is CC(Nc1ccccc1C(N)=S)C1CCCC1. The van der Waals surface area contributed by atoms with Crippen LogP contribution in [0.1, 0.15) is 38.2 Å². The topological polar surface area (TPSA) is 38.0 Å². The van der Waals surface area contributed by atoms with Crippen LogP contribution in [-0.2, 0) is 0 Å². The Morgan fingerprint density at radius 3 is 2.65 bits per heavy atom. The van der Waals surface area contributed by atoms with Crippen LogP contribution >= 0.6 is 12.2 Å². The summed E-state index contributed by atoms with van der Waals surface area (Å²) in [5, 5.41) is 3.57. The first-order chi connectivity index (χ1) is 8.18. The maximum Gasteiger partial charge on any atom is 0.106 e. The zero-order valence-electron chi connectivity index (χ0n) is 10.3. The Labute approximate surface area is 109 Å². The Morgan fingerprint density at radius 1 is 1.35 bits per heavy atom. The second-order valence-corrected chi connectivity index (χ2v) is 5.33. The largest absolute Gasteiger partial charge is 0.389 e. The summed E-state index contributed by atoms with van der Waals surface area (Å²) in [6.45, 7) is 2.26. The van der Waals surface area contributed by atoms with Gasteiger partial charge in [0.2, 0.25) is 0 Å². The third kappa shape index (κ3) is 2.97. The van der Waals surface area contributed by atoms with E-state index in [0.29, 0.717) is 11.0 Å². The number of benzene rings is 1. The molecule has 1 aromatic rings. The molecule has 1 aliphatic carbocycles. The summed E-state index contributed by atoms with van der Waals surface area (Å²) in [5.41, 5.74) is 7.76. The number of para-hydroxylation sites is 1. The van der Waals surface area contributed by atoms with Gasteiger partial charge in [0.05, 0.1) is 0 Å². The average molecular weight is 248 g/mol. The van der Waals surface area contributed by atoms with Crippen molar-refractivity contribution in [3.05, 3.63) is 29.8 Å². The van der Waals surface area contributed by atoms with Crippen LogP contribution in [0.3, 0.4) is 0 Å². The van der Waals surface area contributed by atoms with Crippen molar-refractivity contribution in [2.45, 2.75) is 38.6 Å². The van der Waals surface area contributed by atoms with E-state index >= 15 is 0 Å². The monoisotopic (exact) mass is 248 g/mol. The lowest BCUT2D eigenvalue weighted by atomic mass is 9.99. The molecular weight excluding hydrogens is 228 g/mol. The van der Waals surface area contributed by atoms with Crippen LogP contribution in [0.5, 0.6) is 0 Å². The number of anilines is 1. The van der Waals surface area contributed by atoms with Crippen molar-refractivity contribution in [1.82, 2.24) is 0 Å². The van der Waals surface area contributed by atoms with Gasteiger partial charge >= 0.3 is 0 Å². The average Bonchev–Trinajstić information content (AvgIpc) is 2.83. The summed E-state index contributed by atoms with van der Waals surface area (Å²) >= 11 is 5.07. The molecule has 0 saturated heterocycles. The van der Waals surface area contributed by atoms with Crippen molar-refractivity contribution in [3.63, 3.8) is 0 Å².